The molecule has 2 heterocycles. The zero-order valence-electron chi connectivity index (χ0n) is 19.1. The molecule has 33 heavy (non-hydrogen) atoms. The molecule has 1 aliphatic rings. The predicted molar refractivity (Wildman–Crippen MR) is 134 cm³/mol. The Bertz CT molecular complexity index is 1220. The fourth-order valence-corrected chi connectivity index (χ4v) is 6.83. The largest absolute Gasteiger partial charge is 0.376 e. The second-order valence-electron chi connectivity index (χ2n) is 8.75. The Labute approximate surface area is 199 Å². The molecule has 1 aliphatic heterocycles. The van der Waals surface area contributed by atoms with Crippen molar-refractivity contribution in [3.63, 3.8) is 0 Å². The van der Waals surface area contributed by atoms with Gasteiger partial charge < -0.3 is 4.74 Å². The summed E-state index contributed by atoms with van der Waals surface area (Å²) < 4.78 is 31.9. The van der Waals surface area contributed by atoms with Crippen LogP contribution in [0, 0.1) is 13.8 Å². The summed E-state index contributed by atoms with van der Waals surface area (Å²) in [7, 11) is -3.28. The number of aryl methyl sites for hydroxylation is 2. The van der Waals surface area contributed by atoms with Crippen molar-refractivity contribution in [2.45, 2.75) is 51.4 Å². The highest BCUT2D eigenvalue weighted by Crippen LogP contribution is 2.33. The van der Waals surface area contributed by atoms with Gasteiger partial charge in [-0.3, -0.25) is 9.69 Å². The van der Waals surface area contributed by atoms with Gasteiger partial charge in [0.2, 0.25) is 5.91 Å². The van der Waals surface area contributed by atoms with Gasteiger partial charge in [0.25, 0.3) is 0 Å². The van der Waals surface area contributed by atoms with Crippen molar-refractivity contribution in [1.82, 2.24) is 4.98 Å². The van der Waals surface area contributed by atoms with E-state index in [1.54, 1.807) is 4.90 Å². The number of fused-ring (bicyclic) bond motifs is 1. The second-order valence-corrected chi connectivity index (χ2v) is 11.9. The standard InChI is InChI=1S/C25H30N2O4S2/c1-18-14-19(2)24-22(15-18)32-25(26-24)27(16-21-10-6-12-31-21)23(28)11-7-13-33(29,30)17-20-8-4-3-5-9-20/h3-5,8-9,14-15,21H,6-7,10-13,16-17H2,1-2H3. The maximum atomic E-state index is 13.2. The number of nitrogens with zero attached hydrogens (tertiary/aromatic N) is 2. The summed E-state index contributed by atoms with van der Waals surface area (Å²) in [5.41, 5.74) is 3.93. The average molecular weight is 487 g/mol. The molecular weight excluding hydrogens is 456 g/mol. The van der Waals surface area contributed by atoms with Crippen molar-refractivity contribution < 1.29 is 17.9 Å². The summed E-state index contributed by atoms with van der Waals surface area (Å²) in [5.74, 6) is -0.119. The number of hydrogen-bond donors (Lipinski definition) is 0. The van der Waals surface area contributed by atoms with Crippen LogP contribution in [0.2, 0.25) is 0 Å². The number of sulfone groups is 1. The summed E-state index contributed by atoms with van der Waals surface area (Å²) in [6, 6.07) is 13.3. The number of carbonyl (C=O) groups is 1. The van der Waals surface area contributed by atoms with Gasteiger partial charge in [0, 0.05) is 13.0 Å². The van der Waals surface area contributed by atoms with E-state index in [9.17, 15) is 13.2 Å². The van der Waals surface area contributed by atoms with E-state index in [-0.39, 0.29) is 29.9 Å². The Hall–Kier alpha value is -2.29. The number of aromatic nitrogens is 1. The third-order valence-electron chi connectivity index (χ3n) is 5.84. The first-order valence-electron chi connectivity index (χ1n) is 11.3. The molecule has 1 saturated heterocycles. The Balaban J connectivity index is 1.46. The van der Waals surface area contributed by atoms with Crippen molar-refractivity contribution in [3.8, 4) is 0 Å². The minimum Gasteiger partial charge on any atom is -0.376 e. The van der Waals surface area contributed by atoms with E-state index < -0.39 is 9.84 Å². The monoisotopic (exact) mass is 486 g/mol. The van der Waals surface area contributed by atoms with Crippen LogP contribution in [0.4, 0.5) is 5.13 Å². The smallest absolute Gasteiger partial charge is 0.228 e. The highest BCUT2D eigenvalue weighted by molar-refractivity contribution is 7.90. The van der Waals surface area contributed by atoms with Crippen LogP contribution in [-0.4, -0.2) is 44.3 Å². The number of carbonyl (C=O) groups excluding carboxylic acids is 1. The van der Waals surface area contributed by atoms with Gasteiger partial charge in [-0.05, 0) is 55.9 Å². The van der Waals surface area contributed by atoms with Gasteiger partial charge in [0.05, 0.1) is 34.4 Å². The molecule has 3 aromatic rings. The number of hydrogen-bond acceptors (Lipinski definition) is 6. The maximum Gasteiger partial charge on any atom is 0.228 e. The van der Waals surface area contributed by atoms with E-state index in [1.807, 2.05) is 37.3 Å². The van der Waals surface area contributed by atoms with Crippen molar-refractivity contribution in [2.24, 2.45) is 0 Å². The third kappa shape index (κ3) is 6.19. The van der Waals surface area contributed by atoms with Gasteiger partial charge in [0.15, 0.2) is 15.0 Å². The lowest BCUT2D eigenvalue weighted by atomic mass is 10.1. The Morgan fingerprint density at radius 3 is 2.73 bits per heavy atom. The molecule has 0 aliphatic carbocycles. The van der Waals surface area contributed by atoms with E-state index >= 15 is 0 Å². The quantitative estimate of drug-likeness (QED) is 0.433. The molecular formula is C25H30N2O4S2. The van der Waals surface area contributed by atoms with Crippen molar-refractivity contribution in [3.05, 3.63) is 59.2 Å². The van der Waals surface area contributed by atoms with Crippen LogP contribution in [0.5, 0.6) is 0 Å². The molecule has 1 atom stereocenters. The van der Waals surface area contributed by atoms with Crippen LogP contribution in [0.1, 0.15) is 42.4 Å². The summed E-state index contributed by atoms with van der Waals surface area (Å²) in [6.07, 6.45) is 2.35. The van der Waals surface area contributed by atoms with Crippen LogP contribution in [0.15, 0.2) is 42.5 Å². The first kappa shape index (κ1) is 23.9. The van der Waals surface area contributed by atoms with Crippen LogP contribution < -0.4 is 4.90 Å². The van der Waals surface area contributed by atoms with Crippen molar-refractivity contribution in [2.75, 3.05) is 23.8 Å². The first-order chi connectivity index (χ1) is 15.8. The third-order valence-corrected chi connectivity index (χ3v) is 8.55. The van der Waals surface area contributed by atoms with Gasteiger partial charge in [-0.15, -0.1) is 0 Å². The molecule has 2 aromatic carbocycles. The van der Waals surface area contributed by atoms with Crippen LogP contribution >= 0.6 is 11.3 Å². The number of thiazole rings is 1. The van der Waals surface area contributed by atoms with Crippen molar-refractivity contribution in [1.29, 1.82) is 0 Å². The zero-order valence-corrected chi connectivity index (χ0v) is 20.8. The minimum atomic E-state index is -3.28. The molecule has 0 saturated carbocycles. The topological polar surface area (TPSA) is 76.6 Å². The molecule has 1 aromatic heterocycles. The molecule has 1 amide bonds. The van der Waals surface area contributed by atoms with Gasteiger partial charge in [0.1, 0.15) is 0 Å². The molecule has 0 bridgehead atoms. The number of amides is 1. The van der Waals surface area contributed by atoms with Crippen LogP contribution in [0.3, 0.4) is 0 Å². The van der Waals surface area contributed by atoms with Gasteiger partial charge >= 0.3 is 0 Å². The maximum absolute atomic E-state index is 13.2. The SMILES string of the molecule is Cc1cc(C)c2nc(N(CC3CCCO3)C(=O)CCCS(=O)(=O)Cc3ccccc3)sc2c1. The molecule has 1 fully saturated rings. The fourth-order valence-electron chi connectivity index (χ4n) is 4.23. The van der Waals surface area contributed by atoms with E-state index in [0.29, 0.717) is 24.7 Å². The Morgan fingerprint density at radius 1 is 1.21 bits per heavy atom. The van der Waals surface area contributed by atoms with E-state index in [1.165, 1.54) is 11.3 Å². The molecule has 4 rings (SSSR count). The van der Waals surface area contributed by atoms with E-state index in [4.69, 9.17) is 9.72 Å². The van der Waals surface area contributed by atoms with Crippen molar-refractivity contribution >= 4 is 42.4 Å². The fraction of sp³-hybridized carbons (Fsp3) is 0.440. The minimum absolute atomic E-state index is 0.00183. The number of benzene rings is 2. The van der Waals surface area contributed by atoms with Crippen LogP contribution in [0.25, 0.3) is 10.2 Å². The van der Waals surface area contributed by atoms with Gasteiger partial charge in [-0.2, -0.15) is 0 Å². The predicted octanol–water partition coefficient (Wildman–Crippen LogP) is 4.82. The average Bonchev–Trinajstić information content (AvgIpc) is 3.42. The Kier molecular flexibility index (Phi) is 7.46. The number of rotatable bonds is 9. The highest BCUT2D eigenvalue weighted by atomic mass is 32.2. The highest BCUT2D eigenvalue weighted by Gasteiger charge is 2.26. The lowest BCUT2D eigenvalue weighted by Gasteiger charge is -2.23. The normalized spacial score (nSPS) is 16.4. The number of anilines is 1. The lowest BCUT2D eigenvalue weighted by molar-refractivity contribution is -0.119. The summed E-state index contributed by atoms with van der Waals surface area (Å²) in [5, 5.41) is 0.659. The van der Waals surface area contributed by atoms with Gasteiger partial charge in [-0.25, -0.2) is 13.4 Å². The summed E-state index contributed by atoms with van der Waals surface area (Å²) in [4.78, 5) is 19.7. The second kappa shape index (κ2) is 10.3. The number of ether oxygens (including phenoxy) is 1. The molecule has 8 heteroatoms. The lowest BCUT2D eigenvalue weighted by Crippen LogP contribution is -2.37. The van der Waals surface area contributed by atoms with E-state index in [0.717, 1.165) is 39.7 Å². The first-order valence-corrected chi connectivity index (χ1v) is 14.0. The molecule has 0 N–H and O–H groups in total. The molecule has 176 valence electrons. The van der Waals surface area contributed by atoms with Gasteiger partial charge in [-0.1, -0.05) is 47.7 Å². The zero-order chi connectivity index (χ0) is 23.4. The molecule has 0 spiro atoms. The summed E-state index contributed by atoms with van der Waals surface area (Å²) >= 11 is 1.51. The molecule has 0 radical (unpaired) electrons. The van der Waals surface area contributed by atoms with E-state index in [2.05, 4.69) is 19.1 Å². The van der Waals surface area contributed by atoms with Crippen LogP contribution in [-0.2, 0) is 25.1 Å². The summed E-state index contributed by atoms with van der Waals surface area (Å²) in [6.45, 7) is 5.25. The molecule has 6 nitrogen and oxygen atoms in total. The Morgan fingerprint density at radius 2 is 2.00 bits per heavy atom. The molecule has 1 unspecified atom stereocenters.